The van der Waals surface area contributed by atoms with Gasteiger partial charge >= 0.3 is 0 Å². The average molecular weight is 677 g/mol. The van der Waals surface area contributed by atoms with Gasteiger partial charge in [0.15, 0.2) is 0 Å². The van der Waals surface area contributed by atoms with E-state index in [4.69, 9.17) is 0 Å². The molecule has 0 bridgehead atoms. The van der Waals surface area contributed by atoms with Crippen molar-refractivity contribution in [1.29, 1.82) is 0 Å². The molecule has 8 rings (SSSR count). The summed E-state index contributed by atoms with van der Waals surface area (Å²) in [5, 5.41) is 7.58. The van der Waals surface area contributed by atoms with Crippen LogP contribution in [0, 0.1) is 13.8 Å². The highest BCUT2D eigenvalue weighted by molar-refractivity contribution is 6.28. The Morgan fingerprint density at radius 2 is 0.692 bits per heavy atom. The van der Waals surface area contributed by atoms with Crippen molar-refractivity contribution in [2.24, 2.45) is 0 Å². The molecule has 2 heteroatoms. The number of rotatable bonds is 6. The second kappa shape index (κ2) is 12.6. The van der Waals surface area contributed by atoms with Gasteiger partial charge in [0.1, 0.15) is 0 Å². The van der Waals surface area contributed by atoms with E-state index < -0.39 is 0 Å². The Morgan fingerprint density at radius 1 is 0.346 bits per heavy atom. The summed E-state index contributed by atoms with van der Waals surface area (Å²) in [6.45, 7) is 18.1. The van der Waals surface area contributed by atoms with Gasteiger partial charge in [0.25, 0.3) is 0 Å². The molecule has 0 fully saturated rings. The van der Waals surface area contributed by atoms with Crippen molar-refractivity contribution in [3.63, 3.8) is 0 Å². The van der Waals surface area contributed by atoms with Gasteiger partial charge in [0.05, 0.1) is 11.4 Å². The smallest absolute Gasteiger partial charge is 0.0540 e. The van der Waals surface area contributed by atoms with Crippen LogP contribution in [0.5, 0.6) is 0 Å². The molecule has 0 radical (unpaired) electrons. The first-order valence-corrected chi connectivity index (χ1v) is 18.5. The van der Waals surface area contributed by atoms with Crippen LogP contribution in [0.25, 0.3) is 32.3 Å². The molecule has 0 amide bonds. The first kappa shape index (κ1) is 33.5. The van der Waals surface area contributed by atoms with Gasteiger partial charge < -0.3 is 9.80 Å². The van der Waals surface area contributed by atoms with E-state index in [1.807, 2.05) is 0 Å². The highest BCUT2D eigenvalue weighted by Crippen LogP contribution is 2.48. The van der Waals surface area contributed by atoms with Gasteiger partial charge in [-0.05, 0) is 117 Å². The molecular weight excluding hydrogens is 629 g/mol. The van der Waals surface area contributed by atoms with E-state index in [9.17, 15) is 0 Å². The molecule has 0 saturated carbocycles. The lowest BCUT2D eigenvalue weighted by Crippen LogP contribution is -2.14. The second-order valence-corrected chi connectivity index (χ2v) is 16.4. The molecule has 0 unspecified atom stereocenters. The van der Waals surface area contributed by atoms with Crippen LogP contribution in [0.15, 0.2) is 146 Å². The SMILES string of the molecule is Cc1ccccc1N(c1ccc(C(C)(C)C)cc1)c1ccc2ccc3c(N(c4ccc(C(C)(C)C)cc4)c4ccccc4C)ccc4ccc1c2c43. The van der Waals surface area contributed by atoms with Gasteiger partial charge in [-0.3, -0.25) is 0 Å². The maximum Gasteiger partial charge on any atom is 0.0540 e. The zero-order valence-corrected chi connectivity index (χ0v) is 31.8. The molecule has 0 atom stereocenters. The molecule has 0 N–H and O–H groups in total. The molecule has 8 aromatic carbocycles. The average Bonchev–Trinajstić information content (AvgIpc) is 3.13. The molecule has 52 heavy (non-hydrogen) atoms. The van der Waals surface area contributed by atoms with Crippen molar-refractivity contribution in [1.82, 2.24) is 0 Å². The normalized spacial score (nSPS) is 12.2. The molecule has 8 aromatic rings. The number of aryl methyl sites for hydroxylation is 2. The molecule has 0 spiro atoms. The van der Waals surface area contributed by atoms with Gasteiger partial charge in [0, 0.05) is 33.5 Å². The van der Waals surface area contributed by atoms with Crippen LogP contribution in [0.4, 0.5) is 34.1 Å². The minimum atomic E-state index is 0.0809. The van der Waals surface area contributed by atoms with Crippen molar-refractivity contribution in [3.05, 3.63) is 168 Å². The molecular formula is C50H48N2. The Hall–Kier alpha value is -5.60. The molecule has 2 nitrogen and oxygen atoms in total. The predicted octanol–water partition coefficient (Wildman–Crippen LogP) is 14.7. The van der Waals surface area contributed by atoms with Gasteiger partial charge in [-0.15, -0.1) is 0 Å². The van der Waals surface area contributed by atoms with E-state index in [-0.39, 0.29) is 10.8 Å². The minimum Gasteiger partial charge on any atom is -0.310 e. The lowest BCUT2D eigenvalue weighted by Gasteiger charge is -2.31. The van der Waals surface area contributed by atoms with Crippen molar-refractivity contribution in [2.45, 2.75) is 66.2 Å². The van der Waals surface area contributed by atoms with E-state index in [1.165, 1.54) is 77.3 Å². The van der Waals surface area contributed by atoms with Crippen LogP contribution < -0.4 is 9.80 Å². The molecule has 0 aromatic heterocycles. The summed E-state index contributed by atoms with van der Waals surface area (Å²) >= 11 is 0. The number of benzene rings is 8. The number of nitrogens with zero attached hydrogens (tertiary/aromatic N) is 2. The number of anilines is 6. The molecule has 0 saturated heterocycles. The minimum absolute atomic E-state index is 0.0809. The number of hydrogen-bond acceptors (Lipinski definition) is 2. The third kappa shape index (κ3) is 5.77. The highest BCUT2D eigenvalue weighted by Gasteiger charge is 2.24. The van der Waals surface area contributed by atoms with Crippen molar-refractivity contribution >= 4 is 66.4 Å². The summed E-state index contributed by atoms with van der Waals surface area (Å²) < 4.78 is 0. The second-order valence-electron chi connectivity index (χ2n) is 16.4. The summed E-state index contributed by atoms with van der Waals surface area (Å²) in [6, 6.07) is 54.3. The summed E-state index contributed by atoms with van der Waals surface area (Å²) in [6.07, 6.45) is 0. The van der Waals surface area contributed by atoms with Crippen LogP contribution in [0.2, 0.25) is 0 Å². The first-order valence-electron chi connectivity index (χ1n) is 18.5. The lowest BCUT2D eigenvalue weighted by molar-refractivity contribution is 0.590. The van der Waals surface area contributed by atoms with Crippen LogP contribution in [-0.2, 0) is 10.8 Å². The van der Waals surface area contributed by atoms with Gasteiger partial charge in [-0.1, -0.05) is 139 Å². The maximum atomic E-state index is 2.45. The maximum absolute atomic E-state index is 2.45. The number of para-hydroxylation sites is 2. The third-order valence-electron chi connectivity index (χ3n) is 10.8. The summed E-state index contributed by atoms with van der Waals surface area (Å²) in [5.74, 6) is 0. The Labute approximate surface area is 309 Å². The van der Waals surface area contributed by atoms with Gasteiger partial charge in [-0.25, -0.2) is 0 Å². The van der Waals surface area contributed by atoms with E-state index in [0.29, 0.717) is 0 Å². The Bertz CT molecular complexity index is 2360. The van der Waals surface area contributed by atoms with E-state index in [0.717, 1.165) is 11.4 Å². The van der Waals surface area contributed by atoms with Gasteiger partial charge in [-0.2, -0.15) is 0 Å². The number of hydrogen-bond donors (Lipinski definition) is 0. The molecule has 0 heterocycles. The Morgan fingerprint density at radius 3 is 1.04 bits per heavy atom. The molecule has 258 valence electrons. The standard InChI is InChI=1S/C50H48N2/c1-33-13-9-11-15-43(33)51(39-25-21-37(22-26-39)49(3,4)5)45-31-19-35-18-30-42-46(32-20-36-17-29-41(45)47(35)48(36)42)52(44-16-12-10-14-34(44)2)40-27-23-38(24-28-40)50(6,7)8/h9-32H,1-8H3. The molecule has 0 aliphatic rings. The quantitative estimate of drug-likeness (QED) is 0.162. The van der Waals surface area contributed by atoms with Crippen LogP contribution in [0.3, 0.4) is 0 Å². The topological polar surface area (TPSA) is 6.48 Å². The van der Waals surface area contributed by atoms with Crippen LogP contribution >= 0.6 is 0 Å². The summed E-state index contributed by atoms with van der Waals surface area (Å²) in [5.41, 5.74) is 12.3. The zero-order chi connectivity index (χ0) is 36.4. The fourth-order valence-corrected chi connectivity index (χ4v) is 7.83. The molecule has 0 aliphatic heterocycles. The largest absolute Gasteiger partial charge is 0.310 e. The van der Waals surface area contributed by atoms with Crippen LogP contribution in [0.1, 0.15) is 63.8 Å². The van der Waals surface area contributed by atoms with E-state index in [2.05, 4.69) is 211 Å². The highest BCUT2D eigenvalue weighted by atomic mass is 15.2. The third-order valence-corrected chi connectivity index (χ3v) is 10.8. The van der Waals surface area contributed by atoms with E-state index in [1.54, 1.807) is 0 Å². The fourth-order valence-electron chi connectivity index (χ4n) is 7.83. The Balaban J connectivity index is 1.38. The van der Waals surface area contributed by atoms with Gasteiger partial charge in [0.2, 0.25) is 0 Å². The first-order chi connectivity index (χ1) is 24.9. The van der Waals surface area contributed by atoms with Crippen molar-refractivity contribution in [2.75, 3.05) is 9.80 Å². The summed E-state index contributed by atoms with van der Waals surface area (Å²) in [4.78, 5) is 4.90. The van der Waals surface area contributed by atoms with Crippen molar-refractivity contribution < 1.29 is 0 Å². The Kier molecular flexibility index (Phi) is 8.10. The zero-order valence-electron chi connectivity index (χ0n) is 31.8. The predicted molar refractivity (Wildman–Crippen MR) is 226 cm³/mol. The lowest BCUT2D eigenvalue weighted by atomic mass is 9.87. The monoisotopic (exact) mass is 676 g/mol. The summed E-state index contributed by atoms with van der Waals surface area (Å²) in [7, 11) is 0. The van der Waals surface area contributed by atoms with E-state index >= 15 is 0 Å². The van der Waals surface area contributed by atoms with Crippen molar-refractivity contribution in [3.8, 4) is 0 Å². The van der Waals surface area contributed by atoms with Crippen LogP contribution in [-0.4, -0.2) is 0 Å². The fraction of sp³-hybridized carbons (Fsp3) is 0.200. The molecule has 0 aliphatic carbocycles.